The second kappa shape index (κ2) is 27.1. The van der Waals surface area contributed by atoms with Crippen LogP contribution in [-0.4, -0.2) is 24.6 Å². The van der Waals surface area contributed by atoms with Gasteiger partial charge in [-0.05, 0) is 31.1 Å². The summed E-state index contributed by atoms with van der Waals surface area (Å²) in [7, 11) is -1.15. The predicted molar refractivity (Wildman–Crippen MR) is 160 cm³/mol. The first-order valence-electron chi connectivity index (χ1n) is 13.9. The summed E-state index contributed by atoms with van der Waals surface area (Å²) in [5.41, 5.74) is 5.00. The minimum absolute atomic E-state index is 1.08. The highest BCUT2D eigenvalue weighted by Gasteiger charge is 2.33. The lowest BCUT2D eigenvalue weighted by atomic mass is 10.0. The summed E-state index contributed by atoms with van der Waals surface area (Å²) in [6.45, 7) is 2.29. The zero-order valence-electron chi connectivity index (χ0n) is 21.6. The number of allylic oxidation sites excluding steroid dienone is 3. The Morgan fingerprint density at radius 3 is 0.970 bits per heavy atom. The van der Waals surface area contributed by atoms with Crippen LogP contribution in [0.25, 0.3) is 0 Å². The lowest BCUT2D eigenvalue weighted by molar-refractivity contribution is 0.526. The van der Waals surface area contributed by atoms with Gasteiger partial charge < -0.3 is 0 Å². The van der Waals surface area contributed by atoms with E-state index >= 15 is 0 Å². The van der Waals surface area contributed by atoms with E-state index in [9.17, 15) is 0 Å². The molecule has 0 saturated heterocycles. The first-order chi connectivity index (χ1) is 16.2. The minimum Gasteiger partial charge on any atom is -0.0932 e. The Hall–Kier alpha value is 0.520. The molecule has 0 atom stereocenters. The monoisotopic (exact) mass is 537 g/mol. The summed E-state index contributed by atoms with van der Waals surface area (Å²) in [6, 6.07) is 0. The van der Waals surface area contributed by atoms with Crippen LogP contribution >= 0.6 is 42.1 Å². The van der Waals surface area contributed by atoms with Crippen LogP contribution in [0.4, 0.5) is 0 Å². The van der Waals surface area contributed by atoms with E-state index in [1.54, 1.807) is 16.6 Å². The van der Waals surface area contributed by atoms with E-state index < -0.39 is 7.26 Å². The molecule has 0 saturated carbocycles. The molecule has 0 nitrogen and oxygen atoms in total. The zero-order chi connectivity index (χ0) is 24.3. The first-order valence-corrected chi connectivity index (χ1v) is 17.7. The van der Waals surface area contributed by atoms with Gasteiger partial charge in [0.2, 0.25) is 0 Å². The van der Waals surface area contributed by atoms with Gasteiger partial charge in [0.05, 0.1) is 24.6 Å². The Kier molecular flexibility index (Phi) is 27.5. The molecule has 0 unspecified atom stereocenters. The van der Waals surface area contributed by atoms with Crippen molar-refractivity contribution in [3.63, 3.8) is 0 Å². The van der Waals surface area contributed by atoms with E-state index in [0.29, 0.717) is 0 Å². The quantitative estimate of drug-likeness (QED) is 0.0800. The van der Waals surface area contributed by atoms with Gasteiger partial charge in [-0.3, -0.25) is 0 Å². The maximum Gasteiger partial charge on any atom is 0.0791 e. The van der Waals surface area contributed by atoms with Gasteiger partial charge in [0.15, 0.2) is 0 Å². The Labute approximate surface area is 223 Å². The van der Waals surface area contributed by atoms with Gasteiger partial charge in [0.1, 0.15) is 0 Å². The molecule has 0 aliphatic carbocycles. The van der Waals surface area contributed by atoms with Crippen molar-refractivity contribution in [1.82, 2.24) is 0 Å². The van der Waals surface area contributed by atoms with Gasteiger partial charge in [0, 0.05) is 23.9 Å². The fraction of sp³-hybridized carbons (Fsp3) is 0.793. The van der Waals surface area contributed by atoms with Gasteiger partial charge in [-0.2, -0.15) is 0 Å². The van der Waals surface area contributed by atoms with E-state index in [4.69, 9.17) is 34.8 Å². The van der Waals surface area contributed by atoms with Gasteiger partial charge in [-0.15, -0.1) is 0 Å². The fourth-order valence-corrected chi connectivity index (χ4v) is 8.82. The van der Waals surface area contributed by atoms with Crippen molar-refractivity contribution in [2.75, 3.05) is 24.6 Å². The molecule has 4 heteroatoms. The van der Waals surface area contributed by atoms with Crippen LogP contribution in [-0.2, 0) is 0 Å². The van der Waals surface area contributed by atoms with Crippen molar-refractivity contribution in [1.29, 1.82) is 0 Å². The van der Waals surface area contributed by atoms with Crippen molar-refractivity contribution in [3.8, 4) is 0 Å². The first kappa shape index (κ1) is 33.5. The minimum atomic E-state index is -1.15. The third-order valence-electron chi connectivity index (χ3n) is 6.73. The molecule has 0 bridgehead atoms. The highest BCUT2D eigenvalue weighted by atomic mass is 35.5. The van der Waals surface area contributed by atoms with Gasteiger partial charge in [0.25, 0.3) is 0 Å². The Bertz CT molecular complexity index is 437. The molecule has 0 fully saturated rings. The number of hydrogen-bond acceptors (Lipinski definition) is 0. The lowest BCUT2D eigenvalue weighted by Gasteiger charge is -2.24. The van der Waals surface area contributed by atoms with Crippen LogP contribution in [0.2, 0.25) is 0 Å². The molecule has 0 heterocycles. The molecule has 0 aliphatic rings. The van der Waals surface area contributed by atoms with Crippen molar-refractivity contribution in [2.45, 2.75) is 122 Å². The smallest absolute Gasteiger partial charge is 0.0791 e. The highest BCUT2D eigenvalue weighted by Crippen LogP contribution is 2.59. The van der Waals surface area contributed by atoms with Crippen LogP contribution in [0.5, 0.6) is 0 Å². The summed E-state index contributed by atoms with van der Waals surface area (Å²) >= 11 is 17.5. The highest BCUT2D eigenvalue weighted by molar-refractivity contribution is 7.76. The average Bonchev–Trinajstić information content (AvgIpc) is 2.83. The maximum absolute atomic E-state index is 5.84. The topological polar surface area (TPSA) is 0 Å². The van der Waals surface area contributed by atoms with E-state index in [0.717, 1.165) is 18.5 Å². The largest absolute Gasteiger partial charge is 0.0932 e. The van der Waals surface area contributed by atoms with Gasteiger partial charge in [-0.1, -0.05) is 144 Å². The van der Waals surface area contributed by atoms with Crippen LogP contribution in [0.1, 0.15) is 122 Å². The van der Waals surface area contributed by atoms with Crippen LogP contribution < -0.4 is 0 Å². The zero-order valence-corrected chi connectivity index (χ0v) is 24.8. The molecule has 0 aromatic heterocycles. The SMILES string of the molecule is CCCCCCCCCCCCCCCCCCCC[P+](CC=CCl)(CC=CCl)CC=CCl. The predicted octanol–water partition coefficient (Wildman–Crippen LogP) is 12.3. The molecule has 194 valence electrons. The van der Waals surface area contributed by atoms with E-state index in [2.05, 4.69) is 25.2 Å². The number of halogens is 3. The number of rotatable bonds is 25. The van der Waals surface area contributed by atoms with E-state index in [1.807, 2.05) is 0 Å². The molecular weight excluding hydrogens is 486 g/mol. The Balaban J connectivity index is 3.69. The molecule has 33 heavy (non-hydrogen) atoms. The van der Waals surface area contributed by atoms with Crippen LogP contribution in [0, 0.1) is 0 Å². The number of hydrogen-bond donors (Lipinski definition) is 0. The molecule has 0 aliphatic heterocycles. The summed E-state index contributed by atoms with van der Waals surface area (Å²) in [6.07, 6.45) is 36.5. The van der Waals surface area contributed by atoms with Crippen molar-refractivity contribution in [3.05, 3.63) is 34.8 Å². The number of unbranched alkanes of at least 4 members (excludes halogenated alkanes) is 17. The third-order valence-corrected chi connectivity index (χ3v) is 11.5. The summed E-state index contributed by atoms with van der Waals surface area (Å²) < 4.78 is 0. The lowest BCUT2D eigenvalue weighted by Crippen LogP contribution is -2.09. The summed E-state index contributed by atoms with van der Waals surface area (Å²) in [5.74, 6) is 0. The molecule has 0 aromatic carbocycles. The van der Waals surface area contributed by atoms with Gasteiger partial charge in [-0.25, -0.2) is 0 Å². The normalized spacial score (nSPS) is 14.2. The van der Waals surface area contributed by atoms with E-state index in [1.165, 1.54) is 122 Å². The van der Waals surface area contributed by atoms with Crippen molar-refractivity contribution < 1.29 is 0 Å². The van der Waals surface area contributed by atoms with Crippen molar-refractivity contribution in [2.24, 2.45) is 0 Å². The average molecular weight is 539 g/mol. The maximum atomic E-state index is 5.84. The summed E-state index contributed by atoms with van der Waals surface area (Å²) in [5, 5.41) is 0. The van der Waals surface area contributed by atoms with Crippen molar-refractivity contribution >= 4 is 42.1 Å². The molecule has 0 amide bonds. The molecule has 0 N–H and O–H groups in total. The Morgan fingerprint density at radius 1 is 0.424 bits per heavy atom. The van der Waals surface area contributed by atoms with Crippen LogP contribution in [0.3, 0.4) is 0 Å². The Morgan fingerprint density at radius 2 is 0.697 bits per heavy atom. The summed E-state index contributed by atoms with van der Waals surface area (Å²) in [4.78, 5) is 0. The molecule has 0 rings (SSSR count). The molecular formula is C29H53Cl3P+. The van der Waals surface area contributed by atoms with Crippen LogP contribution in [0.15, 0.2) is 34.8 Å². The van der Waals surface area contributed by atoms with E-state index in [-0.39, 0.29) is 0 Å². The fourth-order valence-electron chi connectivity index (χ4n) is 4.64. The second-order valence-electron chi connectivity index (χ2n) is 9.71. The standard InChI is InChI=1S/C29H53Cl3P/c1-2-3-4-5-6-7-8-9-10-11-12-13-14-15-16-17-18-19-26-33(27-20-23-30,28-21-24-31)29-22-25-32/h20-25H,2-19,26-29H2,1H3/q+1. The molecule has 0 spiro atoms. The second-order valence-corrected chi connectivity index (χ2v) is 14.7. The van der Waals surface area contributed by atoms with Gasteiger partial charge >= 0.3 is 0 Å². The molecule has 0 aromatic rings. The molecule has 0 radical (unpaired) electrons. The third kappa shape index (κ3) is 22.7.